The number of hydrogen-bond donors (Lipinski definition) is 2. The van der Waals surface area contributed by atoms with Crippen molar-refractivity contribution in [2.45, 2.75) is 38.1 Å². The Morgan fingerprint density at radius 3 is 2.93 bits per heavy atom. The van der Waals surface area contributed by atoms with E-state index in [0.717, 1.165) is 19.4 Å². The Balaban J connectivity index is 1.96. The fourth-order valence-corrected chi connectivity index (χ4v) is 2.33. The molecule has 0 amide bonds. The van der Waals surface area contributed by atoms with Gasteiger partial charge >= 0.3 is 0 Å². The van der Waals surface area contributed by atoms with E-state index in [1.54, 1.807) is 0 Å². The van der Waals surface area contributed by atoms with Gasteiger partial charge in [-0.2, -0.15) is 5.10 Å². The summed E-state index contributed by atoms with van der Waals surface area (Å²) in [4.78, 5) is 0. The minimum absolute atomic E-state index is 0.351. The van der Waals surface area contributed by atoms with Crippen molar-refractivity contribution in [2.24, 2.45) is 7.05 Å². The predicted octanol–water partition coefficient (Wildman–Crippen LogP) is 1.74. The smallest absolute Gasteiger partial charge is 0.148 e. The summed E-state index contributed by atoms with van der Waals surface area (Å²) >= 11 is 0. The van der Waals surface area contributed by atoms with Crippen molar-refractivity contribution in [3.8, 4) is 0 Å². The summed E-state index contributed by atoms with van der Waals surface area (Å²) in [5, 5.41) is 11.7. The maximum Gasteiger partial charge on any atom is 0.148 e. The molecule has 0 atom stereocenters. The molecule has 1 fully saturated rings. The average Bonchev–Trinajstić information content (AvgIpc) is 2.90. The largest absolute Gasteiger partial charge is 0.378 e. The molecule has 2 heterocycles. The van der Waals surface area contributed by atoms with Crippen LogP contribution in [-0.4, -0.2) is 21.9 Å². The highest BCUT2D eigenvalue weighted by Crippen LogP contribution is 2.44. The maximum absolute atomic E-state index is 4.57. The summed E-state index contributed by atoms with van der Waals surface area (Å²) in [6.45, 7) is 3.25. The lowest BCUT2D eigenvalue weighted by molar-refractivity contribution is 0.701. The fraction of sp³-hybridized carbons (Fsp3) is 0.727. The molecular formula is C11H18N4. The summed E-state index contributed by atoms with van der Waals surface area (Å²) in [6.07, 6.45) is 4.78. The molecular weight excluding hydrogens is 188 g/mol. The van der Waals surface area contributed by atoms with E-state index in [1.165, 1.54) is 30.0 Å². The number of nitrogens with zero attached hydrogens (tertiary/aromatic N) is 2. The zero-order chi connectivity index (χ0) is 10.5. The van der Waals surface area contributed by atoms with Crippen molar-refractivity contribution in [1.82, 2.24) is 9.78 Å². The number of anilines is 2. The van der Waals surface area contributed by atoms with Crippen molar-refractivity contribution in [3.63, 3.8) is 0 Å². The van der Waals surface area contributed by atoms with Crippen molar-refractivity contribution < 1.29 is 0 Å². The summed E-state index contributed by atoms with van der Waals surface area (Å²) in [5.41, 5.74) is 2.79. The Hall–Kier alpha value is -1.19. The van der Waals surface area contributed by atoms with E-state index < -0.39 is 0 Å². The molecule has 4 heteroatoms. The summed E-state index contributed by atoms with van der Waals surface area (Å²) in [7, 11) is 2.02. The number of rotatable bonds is 2. The molecule has 0 aromatic carbocycles. The molecule has 0 saturated heterocycles. The molecule has 1 spiro atoms. The van der Waals surface area contributed by atoms with E-state index in [2.05, 4.69) is 22.7 Å². The molecule has 1 saturated carbocycles. The van der Waals surface area contributed by atoms with E-state index in [0.29, 0.717) is 5.54 Å². The van der Waals surface area contributed by atoms with Gasteiger partial charge in [0.15, 0.2) is 0 Å². The molecule has 1 aromatic rings. The molecule has 3 rings (SSSR count). The standard InChI is InChI=1S/C11H18N4/c1-3-4-8-9-10(15(2)14-8)13-11(5-6-11)7-12-9/h12-13H,3-7H2,1-2H3. The van der Waals surface area contributed by atoms with Crippen LogP contribution >= 0.6 is 0 Å². The van der Waals surface area contributed by atoms with Gasteiger partial charge in [-0.3, -0.25) is 4.68 Å². The lowest BCUT2D eigenvalue weighted by Gasteiger charge is -2.26. The van der Waals surface area contributed by atoms with Gasteiger partial charge in [-0.15, -0.1) is 0 Å². The molecule has 2 N–H and O–H groups in total. The first kappa shape index (κ1) is 9.07. The van der Waals surface area contributed by atoms with Crippen LogP contribution in [-0.2, 0) is 13.5 Å². The van der Waals surface area contributed by atoms with Crippen LogP contribution in [0.15, 0.2) is 0 Å². The first-order chi connectivity index (χ1) is 7.24. The monoisotopic (exact) mass is 206 g/mol. The quantitative estimate of drug-likeness (QED) is 0.774. The van der Waals surface area contributed by atoms with E-state index in [-0.39, 0.29) is 0 Å². The van der Waals surface area contributed by atoms with Gasteiger partial charge in [0.2, 0.25) is 0 Å². The maximum atomic E-state index is 4.57. The number of nitrogens with one attached hydrogen (secondary N) is 2. The highest BCUT2D eigenvalue weighted by atomic mass is 15.4. The Labute approximate surface area is 90.0 Å². The van der Waals surface area contributed by atoms with E-state index in [1.807, 2.05) is 11.7 Å². The molecule has 15 heavy (non-hydrogen) atoms. The third-order valence-corrected chi connectivity index (χ3v) is 3.45. The summed E-state index contributed by atoms with van der Waals surface area (Å²) in [5.74, 6) is 1.18. The molecule has 0 radical (unpaired) electrons. The number of fused-ring (bicyclic) bond motifs is 1. The van der Waals surface area contributed by atoms with Crippen LogP contribution < -0.4 is 10.6 Å². The lowest BCUT2D eigenvalue weighted by Crippen LogP contribution is -2.35. The van der Waals surface area contributed by atoms with Crippen LogP contribution in [0.3, 0.4) is 0 Å². The fourth-order valence-electron chi connectivity index (χ4n) is 2.33. The zero-order valence-electron chi connectivity index (χ0n) is 9.43. The van der Waals surface area contributed by atoms with E-state index in [4.69, 9.17) is 0 Å². The van der Waals surface area contributed by atoms with Crippen LogP contribution in [0.5, 0.6) is 0 Å². The molecule has 0 unspecified atom stereocenters. The van der Waals surface area contributed by atoms with Crippen molar-refractivity contribution in [2.75, 3.05) is 17.2 Å². The van der Waals surface area contributed by atoms with Gasteiger partial charge in [0.25, 0.3) is 0 Å². The molecule has 1 aliphatic heterocycles. The normalized spacial score (nSPS) is 20.7. The number of aromatic nitrogens is 2. The molecule has 2 aliphatic rings. The number of hydrogen-bond acceptors (Lipinski definition) is 3. The van der Waals surface area contributed by atoms with Crippen LogP contribution in [0.2, 0.25) is 0 Å². The average molecular weight is 206 g/mol. The van der Waals surface area contributed by atoms with Crippen LogP contribution in [0, 0.1) is 0 Å². The van der Waals surface area contributed by atoms with Gasteiger partial charge in [-0.25, -0.2) is 0 Å². The molecule has 1 aromatic heterocycles. The van der Waals surface area contributed by atoms with Gasteiger partial charge in [-0.05, 0) is 19.3 Å². The highest BCUT2D eigenvalue weighted by Gasteiger charge is 2.46. The third kappa shape index (κ3) is 1.31. The Kier molecular flexibility index (Phi) is 1.75. The summed E-state index contributed by atoms with van der Waals surface area (Å²) < 4.78 is 1.98. The van der Waals surface area contributed by atoms with E-state index >= 15 is 0 Å². The molecule has 4 nitrogen and oxygen atoms in total. The predicted molar refractivity (Wildman–Crippen MR) is 61.3 cm³/mol. The Morgan fingerprint density at radius 2 is 2.27 bits per heavy atom. The summed E-state index contributed by atoms with van der Waals surface area (Å²) in [6, 6.07) is 0. The molecule has 0 bridgehead atoms. The van der Waals surface area contributed by atoms with Crippen molar-refractivity contribution in [1.29, 1.82) is 0 Å². The van der Waals surface area contributed by atoms with Gasteiger partial charge in [0.1, 0.15) is 11.5 Å². The highest BCUT2D eigenvalue weighted by molar-refractivity contribution is 5.72. The Morgan fingerprint density at radius 1 is 1.47 bits per heavy atom. The minimum atomic E-state index is 0.351. The third-order valence-electron chi connectivity index (χ3n) is 3.45. The zero-order valence-corrected chi connectivity index (χ0v) is 9.43. The van der Waals surface area contributed by atoms with Crippen molar-refractivity contribution >= 4 is 11.5 Å². The van der Waals surface area contributed by atoms with Crippen LogP contribution in [0.1, 0.15) is 31.9 Å². The van der Waals surface area contributed by atoms with Gasteiger partial charge in [-0.1, -0.05) is 13.3 Å². The SMILES string of the molecule is CCCc1nn(C)c2c1NCC1(CC1)N2. The lowest BCUT2D eigenvalue weighted by atomic mass is 10.1. The second-order valence-corrected chi connectivity index (χ2v) is 4.80. The van der Waals surface area contributed by atoms with Gasteiger partial charge < -0.3 is 10.6 Å². The van der Waals surface area contributed by atoms with E-state index in [9.17, 15) is 0 Å². The minimum Gasteiger partial charge on any atom is -0.378 e. The molecule has 1 aliphatic carbocycles. The second kappa shape index (κ2) is 2.90. The first-order valence-electron chi connectivity index (χ1n) is 5.82. The number of aryl methyl sites for hydroxylation is 2. The van der Waals surface area contributed by atoms with Crippen LogP contribution in [0.25, 0.3) is 0 Å². The van der Waals surface area contributed by atoms with Gasteiger partial charge in [0, 0.05) is 13.6 Å². The van der Waals surface area contributed by atoms with Crippen molar-refractivity contribution in [3.05, 3.63) is 5.69 Å². The Bertz CT molecular complexity index is 390. The van der Waals surface area contributed by atoms with Crippen LogP contribution in [0.4, 0.5) is 11.5 Å². The topological polar surface area (TPSA) is 41.9 Å². The second-order valence-electron chi connectivity index (χ2n) is 4.80. The first-order valence-corrected chi connectivity index (χ1v) is 5.82. The molecule has 82 valence electrons. The van der Waals surface area contributed by atoms with Gasteiger partial charge in [0.05, 0.1) is 11.2 Å².